The average Bonchev–Trinajstić information content (AvgIpc) is 2.17. The molecule has 0 heterocycles. The molecular weight excluding hydrogens is 224 g/mol. The van der Waals surface area contributed by atoms with Gasteiger partial charge in [0.15, 0.2) is 0 Å². The second-order valence-electron chi connectivity index (χ2n) is 3.14. The molecule has 15 heavy (non-hydrogen) atoms. The second kappa shape index (κ2) is 7.22. The van der Waals surface area contributed by atoms with Gasteiger partial charge in [0.05, 0.1) is 4.90 Å². The van der Waals surface area contributed by atoms with E-state index < -0.39 is 10.1 Å². The molecule has 5 heteroatoms. The van der Waals surface area contributed by atoms with Crippen LogP contribution in [0.5, 0.6) is 0 Å². The van der Waals surface area contributed by atoms with E-state index in [2.05, 4.69) is 6.92 Å². The van der Waals surface area contributed by atoms with Crippen molar-refractivity contribution in [2.24, 2.45) is 0 Å². The van der Waals surface area contributed by atoms with Gasteiger partial charge in [-0.3, -0.25) is 4.55 Å². The highest BCUT2D eigenvalue weighted by atomic mass is 32.2. The first-order valence-corrected chi connectivity index (χ1v) is 7.19. The first-order valence-electron chi connectivity index (χ1n) is 4.75. The summed E-state index contributed by atoms with van der Waals surface area (Å²) in [6.45, 7) is 4.03. The van der Waals surface area contributed by atoms with Crippen LogP contribution < -0.4 is 0 Å². The van der Waals surface area contributed by atoms with Crippen LogP contribution in [0.2, 0.25) is 4.55 Å². The van der Waals surface area contributed by atoms with Crippen molar-refractivity contribution in [3.05, 3.63) is 29.8 Å². The quantitative estimate of drug-likeness (QED) is 0.636. The standard InChI is InChI=1S/C7H8O3S.C3H7.Mg/c1-6-2-4-7(5-3-6)11(8,9)10;1-3-2;/h2-5H,1H3,(H,8,9,10);1,3H2,2H3;/q;;+2. The van der Waals surface area contributed by atoms with Crippen LogP contribution in [-0.2, 0) is 10.1 Å². The van der Waals surface area contributed by atoms with Gasteiger partial charge in [-0.15, -0.1) is 0 Å². The smallest absolute Gasteiger partial charge is 0.282 e. The highest BCUT2D eigenvalue weighted by Gasteiger charge is 2.17. The lowest BCUT2D eigenvalue weighted by atomic mass is 10.2. The molecule has 0 aliphatic carbocycles. The molecule has 0 aliphatic rings. The fourth-order valence-corrected chi connectivity index (χ4v) is 1.19. The minimum Gasteiger partial charge on any atom is -0.282 e. The van der Waals surface area contributed by atoms with Crippen LogP contribution in [0.15, 0.2) is 29.2 Å². The minimum atomic E-state index is -4.02. The zero-order valence-corrected chi connectivity index (χ0v) is 11.3. The first kappa shape index (κ1) is 14.9. The molecule has 0 fully saturated rings. The van der Waals surface area contributed by atoms with E-state index in [1.807, 2.05) is 28.6 Å². The summed E-state index contributed by atoms with van der Waals surface area (Å²) in [5.41, 5.74) is 0.956. The Balaban J connectivity index is 0.000000423. The van der Waals surface area contributed by atoms with Crippen molar-refractivity contribution < 1.29 is 13.0 Å². The summed E-state index contributed by atoms with van der Waals surface area (Å²) in [5.74, 6) is 0. The fraction of sp³-hybridized carbons (Fsp3) is 0.400. The summed E-state index contributed by atoms with van der Waals surface area (Å²) >= 11 is 2.02. The Labute approximate surface area is 104 Å². The SMILES string of the molecule is CC[CH2][Mg+2].Cc1ccc(S(=O)(=O)O)cc1. The summed E-state index contributed by atoms with van der Waals surface area (Å²) in [6.07, 6.45) is 1.33. The normalized spacial score (nSPS) is 10.4. The maximum Gasteiger partial charge on any atom is 1.41 e. The number of rotatable bonds is 2. The van der Waals surface area contributed by atoms with Gasteiger partial charge in [-0.05, 0) is 19.1 Å². The Hall–Kier alpha value is -0.104. The summed E-state index contributed by atoms with van der Waals surface area (Å²) in [5, 5.41) is 0. The predicted octanol–water partition coefficient (Wildman–Crippen LogP) is 2.22. The molecule has 0 aromatic heterocycles. The van der Waals surface area contributed by atoms with Crippen LogP contribution >= 0.6 is 0 Å². The lowest BCUT2D eigenvalue weighted by Gasteiger charge is -1.95. The summed E-state index contributed by atoms with van der Waals surface area (Å²) in [6, 6.07) is 5.99. The molecule has 79 valence electrons. The molecule has 0 aliphatic heterocycles. The molecule has 7 radical (unpaired) electrons. The topological polar surface area (TPSA) is 54.4 Å². The second-order valence-corrected chi connectivity index (χ2v) is 5.27. The van der Waals surface area contributed by atoms with Gasteiger partial charge < -0.3 is 0 Å². The third kappa shape index (κ3) is 6.89. The molecule has 0 saturated heterocycles. The highest BCUT2D eigenvalue weighted by Crippen LogP contribution is 2.08. The summed E-state index contributed by atoms with van der Waals surface area (Å²) in [7, 11) is -4.02. The maximum absolute atomic E-state index is 10.5. The van der Waals surface area contributed by atoms with Crippen molar-refractivity contribution in [3.8, 4) is 0 Å². The molecule has 1 aromatic rings. The predicted molar refractivity (Wildman–Crippen MR) is 61.8 cm³/mol. The largest absolute Gasteiger partial charge is 1.41 e. The number of hydrogen-bond donors (Lipinski definition) is 1. The van der Waals surface area contributed by atoms with Gasteiger partial charge in [-0.25, -0.2) is 0 Å². The Kier molecular flexibility index (Phi) is 7.17. The third-order valence-electron chi connectivity index (χ3n) is 1.67. The van der Waals surface area contributed by atoms with E-state index in [1.165, 1.54) is 23.1 Å². The zero-order chi connectivity index (χ0) is 11.9. The average molecular weight is 240 g/mol. The number of benzene rings is 1. The van der Waals surface area contributed by atoms with Crippen molar-refractivity contribution in [1.29, 1.82) is 0 Å². The van der Waals surface area contributed by atoms with Crippen LogP contribution in [0.3, 0.4) is 0 Å². The summed E-state index contributed by atoms with van der Waals surface area (Å²) in [4.78, 5) is -0.0666. The van der Waals surface area contributed by atoms with E-state index >= 15 is 0 Å². The Morgan fingerprint density at radius 3 is 1.93 bits per heavy atom. The molecule has 0 bridgehead atoms. The molecule has 0 unspecified atom stereocenters. The zero-order valence-electron chi connectivity index (χ0n) is 9.10. The van der Waals surface area contributed by atoms with Crippen molar-refractivity contribution in [2.75, 3.05) is 0 Å². The van der Waals surface area contributed by atoms with E-state index in [9.17, 15) is 8.42 Å². The van der Waals surface area contributed by atoms with Gasteiger partial charge in [0, 0.05) is 6.42 Å². The Bertz CT molecular complexity index is 368. The van der Waals surface area contributed by atoms with E-state index in [1.54, 1.807) is 12.1 Å². The summed E-state index contributed by atoms with van der Waals surface area (Å²) < 4.78 is 30.9. The van der Waals surface area contributed by atoms with Gasteiger partial charge in [-0.1, -0.05) is 24.6 Å². The molecular formula is C10H15MgO3S+2. The Morgan fingerprint density at radius 1 is 1.27 bits per heavy atom. The molecule has 1 rings (SSSR count). The lowest BCUT2D eigenvalue weighted by Crippen LogP contribution is -1.96. The molecule has 1 N–H and O–H groups in total. The van der Waals surface area contributed by atoms with E-state index in [0.29, 0.717) is 0 Å². The molecule has 0 saturated carbocycles. The Morgan fingerprint density at radius 2 is 1.67 bits per heavy atom. The van der Waals surface area contributed by atoms with Crippen molar-refractivity contribution in [3.63, 3.8) is 0 Å². The first-order chi connectivity index (χ1) is 6.91. The molecule has 1 aromatic carbocycles. The molecule has 0 spiro atoms. The molecule has 0 atom stereocenters. The van der Waals surface area contributed by atoms with Crippen LogP contribution in [0.25, 0.3) is 0 Å². The monoisotopic (exact) mass is 239 g/mol. The van der Waals surface area contributed by atoms with Gasteiger partial charge in [0.1, 0.15) is 0 Å². The maximum atomic E-state index is 10.5. The van der Waals surface area contributed by atoms with Crippen LogP contribution in [0.1, 0.15) is 18.9 Å². The van der Waals surface area contributed by atoms with Gasteiger partial charge in [-0.2, -0.15) is 8.42 Å². The van der Waals surface area contributed by atoms with Crippen molar-refractivity contribution in [2.45, 2.75) is 29.7 Å². The molecule has 3 nitrogen and oxygen atoms in total. The lowest BCUT2D eigenvalue weighted by molar-refractivity contribution is 0.483. The van der Waals surface area contributed by atoms with Crippen LogP contribution in [-0.4, -0.2) is 34.7 Å². The van der Waals surface area contributed by atoms with Gasteiger partial charge in [0.25, 0.3) is 14.7 Å². The van der Waals surface area contributed by atoms with Crippen LogP contribution in [0, 0.1) is 6.92 Å². The van der Waals surface area contributed by atoms with E-state index in [-0.39, 0.29) is 4.90 Å². The fourth-order valence-electron chi connectivity index (χ4n) is 0.710. The van der Waals surface area contributed by atoms with Crippen LogP contribution in [0.4, 0.5) is 0 Å². The number of aryl methyl sites for hydroxylation is 1. The third-order valence-corrected chi connectivity index (χ3v) is 3.25. The minimum absolute atomic E-state index is 0.0666. The molecule has 0 amide bonds. The van der Waals surface area contributed by atoms with E-state index in [4.69, 9.17) is 4.55 Å². The van der Waals surface area contributed by atoms with Gasteiger partial charge >= 0.3 is 21.7 Å². The highest BCUT2D eigenvalue weighted by molar-refractivity contribution is 7.85. The van der Waals surface area contributed by atoms with Gasteiger partial charge in [0.2, 0.25) is 0 Å². The van der Waals surface area contributed by atoms with Crippen molar-refractivity contribution >= 4 is 31.8 Å². The number of hydrogen-bond acceptors (Lipinski definition) is 2. The van der Waals surface area contributed by atoms with E-state index in [0.717, 1.165) is 5.56 Å². The van der Waals surface area contributed by atoms with Crippen molar-refractivity contribution in [1.82, 2.24) is 0 Å².